The Morgan fingerprint density at radius 1 is 1.67 bits per heavy atom. The second kappa shape index (κ2) is 2.87. The van der Waals surface area contributed by atoms with E-state index in [1.807, 2.05) is 19.2 Å². The number of likely N-dealkylation sites (tertiary alicyclic amines) is 1. The van der Waals surface area contributed by atoms with Crippen LogP contribution in [0, 0.1) is 0 Å². The number of hydrogen-bond donors (Lipinski definition) is 1. The molecule has 0 aromatic rings. The number of allylic oxidation sites excluding steroid dienone is 1. The molecule has 1 rings (SSSR count). The summed E-state index contributed by atoms with van der Waals surface area (Å²) in [4.78, 5) is 2.13. The first kappa shape index (κ1) is 6.62. The fourth-order valence-electron chi connectivity index (χ4n) is 1.11. The van der Waals surface area contributed by atoms with Crippen molar-refractivity contribution in [2.24, 2.45) is 0 Å². The Kier molecular flexibility index (Phi) is 2.11. The van der Waals surface area contributed by atoms with Crippen LogP contribution in [0.5, 0.6) is 0 Å². The zero-order valence-corrected chi connectivity index (χ0v) is 5.75. The molecule has 2 heteroatoms. The highest BCUT2D eigenvalue weighted by atomic mass is 16.3. The van der Waals surface area contributed by atoms with E-state index in [-0.39, 0.29) is 6.10 Å². The summed E-state index contributed by atoms with van der Waals surface area (Å²) in [6, 6.07) is 0. The first-order valence-electron chi connectivity index (χ1n) is 3.38. The summed E-state index contributed by atoms with van der Waals surface area (Å²) in [5.41, 5.74) is 0. The molecular formula is C7H13NO. The van der Waals surface area contributed by atoms with Crippen LogP contribution in [-0.4, -0.2) is 29.2 Å². The predicted molar refractivity (Wildman–Crippen MR) is 37.0 cm³/mol. The van der Waals surface area contributed by atoms with Gasteiger partial charge in [-0.1, -0.05) is 6.08 Å². The molecule has 1 heterocycles. The van der Waals surface area contributed by atoms with E-state index < -0.39 is 0 Å². The van der Waals surface area contributed by atoms with Gasteiger partial charge >= 0.3 is 0 Å². The van der Waals surface area contributed by atoms with Crippen LogP contribution in [0.25, 0.3) is 0 Å². The van der Waals surface area contributed by atoms with Crippen molar-refractivity contribution in [3.8, 4) is 0 Å². The maximum Gasteiger partial charge on any atom is 0.0731 e. The first-order valence-corrected chi connectivity index (χ1v) is 3.38. The molecule has 0 radical (unpaired) electrons. The van der Waals surface area contributed by atoms with Gasteiger partial charge in [0.05, 0.1) is 6.10 Å². The molecule has 0 bridgehead atoms. The Bertz CT molecular complexity index is 111. The van der Waals surface area contributed by atoms with E-state index in [0.717, 1.165) is 19.5 Å². The average Bonchev–Trinajstić information content (AvgIpc) is 2.17. The molecule has 1 aliphatic rings. The molecule has 0 amide bonds. The second-order valence-corrected chi connectivity index (χ2v) is 2.42. The molecule has 1 N–H and O–H groups in total. The molecule has 0 aliphatic carbocycles. The van der Waals surface area contributed by atoms with Gasteiger partial charge in [-0.15, -0.1) is 0 Å². The minimum Gasteiger partial charge on any atom is -0.391 e. The molecule has 0 spiro atoms. The zero-order valence-electron chi connectivity index (χ0n) is 5.75. The highest BCUT2D eigenvalue weighted by Crippen LogP contribution is 2.07. The van der Waals surface area contributed by atoms with E-state index in [2.05, 4.69) is 4.90 Å². The highest BCUT2D eigenvalue weighted by Gasteiger charge is 2.15. The van der Waals surface area contributed by atoms with Crippen LogP contribution in [0.15, 0.2) is 12.3 Å². The molecule has 0 saturated carbocycles. The average molecular weight is 127 g/mol. The zero-order chi connectivity index (χ0) is 6.69. The normalized spacial score (nSPS) is 28.2. The second-order valence-electron chi connectivity index (χ2n) is 2.42. The molecule has 9 heavy (non-hydrogen) atoms. The molecule has 1 atom stereocenters. The van der Waals surface area contributed by atoms with Crippen LogP contribution in [0.3, 0.4) is 0 Å². The summed E-state index contributed by atoms with van der Waals surface area (Å²) in [6.45, 7) is 3.81. The van der Waals surface area contributed by atoms with Crippen LogP contribution in [0.1, 0.15) is 13.3 Å². The molecule has 0 aromatic carbocycles. The number of nitrogens with zero attached hydrogens (tertiary/aromatic N) is 1. The van der Waals surface area contributed by atoms with Gasteiger partial charge in [0, 0.05) is 13.1 Å². The lowest BCUT2D eigenvalue weighted by molar-refractivity contribution is 0.186. The van der Waals surface area contributed by atoms with Gasteiger partial charge < -0.3 is 10.0 Å². The van der Waals surface area contributed by atoms with Crippen molar-refractivity contribution in [1.82, 2.24) is 4.90 Å². The van der Waals surface area contributed by atoms with Gasteiger partial charge in [0.15, 0.2) is 0 Å². The van der Waals surface area contributed by atoms with Gasteiger partial charge in [0.1, 0.15) is 0 Å². The number of aliphatic hydroxyl groups is 1. The van der Waals surface area contributed by atoms with Crippen LogP contribution in [0.4, 0.5) is 0 Å². The Morgan fingerprint density at radius 2 is 2.44 bits per heavy atom. The fourth-order valence-corrected chi connectivity index (χ4v) is 1.11. The van der Waals surface area contributed by atoms with Crippen molar-refractivity contribution in [2.75, 3.05) is 13.1 Å². The summed E-state index contributed by atoms with van der Waals surface area (Å²) >= 11 is 0. The largest absolute Gasteiger partial charge is 0.391 e. The number of β-amino-alcohol motifs (C(OH)–C–C–N with tert-alkyl or cyclic N) is 1. The fraction of sp³-hybridized carbons (Fsp3) is 0.714. The lowest BCUT2D eigenvalue weighted by Crippen LogP contribution is -2.14. The predicted octanol–water partition coefficient (Wildman–Crippen LogP) is 0.587. The van der Waals surface area contributed by atoms with E-state index in [0.29, 0.717) is 0 Å². The van der Waals surface area contributed by atoms with Crippen molar-refractivity contribution in [2.45, 2.75) is 19.4 Å². The third-order valence-electron chi connectivity index (χ3n) is 1.55. The summed E-state index contributed by atoms with van der Waals surface area (Å²) in [7, 11) is 0. The van der Waals surface area contributed by atoms with Crippen LogP contribution in [0.2, 0.25) is 0 Å². The van der Waals surface area contributed by atoms with Gasteiger partial charge in [0.25, 0.3) is 0 Å². The molecule has 0 aromatic heterocycles. The monoisotopic (exact) mass is 127 g/mol. The lowest BCUT2D eigenvalue weighted by Gasteiger charge is -2.09. The number of rotatable bonds is 1. The topological polar surface area (TPSA) is 23.5 Å². The molecule has 1 unspecified atom stereocenters. The van der Waals surface area contributed by atoms with E-state index >= 15 is 0 Å². The van der Waals surface area contributed by atoms with Crippen LogP contribution < -0.4 is 0 Å². The third kappa shape index (κ3) is 1.72. The summed E-state index contributed by atoms with van der Waals surface area (Å²) in [5.74, 6) is 0. The van der Waals surface area contributed by atoms with Gasteiger partial charge in [-0.25, -0.2) is 0 Å². The van der Waals surface area contributed by atoms with Crippen molar-refractivity contribution in [3.63, 3.8) is 0 Å². The summed E-state index contributed by atoms with van der Waals surface area (Å²) in [6.07, 6.45) is 4.85. The Hall–Kier alpha value is -0.500. The van der Waals surface area contributed by atoms with Crippen molar-refractivity contribution >= 4 is 0 Å². The summed E-state index contributed by atoms with van der Waals surface area (Å²) < 4.78 is 0. The van der Waals surface area contributed by atoms with E-state index in [9.17, 15) is 0 Å². The minimum atomic E-state index is -0.0961. The molecule has 1 fully saturated rings. The number of hydrogen-bond acceptors (Lipinski definition) is 2. The van der Waals surface area contributed by atoms with Gasteiger partial charge in [-0.05, 0) is 19.5 Å². The van der Waals surface area contributed by atoms with Gasteiger partial charge in [-0.3, -0.25) is 0 Å². The molecule has 1 aliphatic heterocycles. The smallest absolute Gasteiger partial charge is 0.0731 e. The number of aliphatic hydroxyl groups excluding tert-OH is 1. The van der Waals surface area contributed by atoms with Gasteiger partial charge in [-0.2, -0.15) is 0 Å². The first-order chi connectivity index (χ1) is 4.33. The van der Waals surface area contributed by atoms with Crippen LogP contribution in [-0.2, 0) is 0 Å². The Balaban J connectivity index is 2.30. The van der Waals surface area contributed by atoms with E-state index in [1.165, 1.54) is 0 Å². The molecule has 1 saturated heterocycles. The van der Waals surface area contributed by atoms with E-state index in [4.69, 9.17) is 5.11 Å². The molecule has 52 valence electrons. The van der Waals surface area contributed by atoms with Crippen molar-refractivity contribution in [3.05, 3.63) is 12.3 Å². The Labute approximate surface area is 55.8 Å². The molecular weight excluding hydrogens is 114 g/mol. The van der Waals surface area contributed by atoms with Crippen molar-refractivity contribution < 1.29 is 5.11 Å². The molecule has 2 nitrogen and oxygen atoms in total. The quantitative estimate of drug-likeness (QED) is 0.557. The standard InChI is InChI=1S/C7H13NO/c1-2-4-8-5-3-7(9)6-8/h2,4,7,9H,3,5-6H2,1H3/b4-2+. The van der Waals surface area contributed by atoms with E-state index in [1.54, 1.807) is 0 Å². The Morgan fingerprint density at radius 3 is 2.89 bits per heavy atom. The lowest BCUT2D eigenvalue weighted by atomic mass is 10.3. The minimum absolute atomic E-state index is 0.0961. The SMILES string of the molecule is C/C=C/N1CCC(O)C1. The maximum atomic E-state index is 9.05. The van der Waals surface area contributed by atoms with Crippen molar-refractivity contribution in [1.29, 1.82) is 0 Å². The third-order valence-corrected chi connectivity index (χ3v) is 1.55. The highest BCUT2D eigenvalue weighted by molar-refractivity contribution is 4.85. The van der Waals surface area contributed by atoms with Gasteiger partial charge in [0.2, 0.25) is 0 Å². The summed E-state index contributed by atoms with van der Waals surface area (Å²) in [5, 5.41) is 9.05. The van der Waals surface area contributed by atoms with Crippen LogP contribution >= 0.6 is 0 Å². The maximum absolute atomic E-state index is 9.05.